The Labute approximate surface area is 612 Å². The van der Waals surface area contributed by atoms with Crippen molar-refractivity contribution in [2.45, 2.75) is 280 Å². The van der Waals surface area contributed by atoms with Crippen molar-refractivity contribution >= 4 is 39.9 Å². The lowest BCUT2D eigenvalue weighted by atomic mass is 9.93. The topological polar surface area (TPSA) is 752 Å². The fourth-order valence-corrected chi connectivity index (χ4v) is 14.1. The van der Waals surface area contributed by atoms with E-state index in [4.69, 9.17) is 71.1 Å². The van der Waals surface area contributed by atoms with Crippen LogP contribution in [0.25, 0.3) is 0 Å². The Morgan fingerprint density at radius 1 is 0.287 bits per heavy atom. The fraction of sp³-hybridized carbons (Fsp3) is 0.914. The van der Waals surface area contributed by atoms with Crippen molar-refractivity contribution in [3.05, 3.63) is 0 Å². The van der Waals surface area contributed by atoms with Gasteiger partial charge in [0.2, 0.25) is 29.5 Å². The van der Waals surface area contributed by atoms with Crippen molar-refractivity contribution in [2.24, 2.45) is 0 Å². The lowest BCUT2D eigenvalue weighted by Gasteiger charge is -2.51. The van der Waals surface area contributed by atoms with Crippen molar-refractivity contribution in [3.63, 3.8) is 0 Å². The van der Waals surface area contributed by atoms with Crippen LogP contribution in [0.15, 0.2) is 0 Å². The van der Waals surface area contributed by atoms with Crippen LogP contribution in [-0.2, 0) is 110 Å². The maximum absolute atomic E-state index is 13.0. The van der Waals surface area contributed by atoms with Crippen molar-refractivity contribution in [1.82, 2.24) is 26.6 Å². The van der Waals surface area contributed by atoms with Gasteiger partial charge in [-0.15, -0.1) is 0 Å². The normalized spacial score (nSPS) is 46.1. The van der Waals surface area contributed by atoms with Crippen LogP contribution in [0, 0.1) is 0 Å². The molecule has 50 heteroatoms. The lowest BCUT2D eigenvalue weighted by molar-refractivity contribution is -0.397. The zero-order valence-corrected chi connectivity index (χ0v) is 58.8. The van der Waals surface area contributed by atoms with Gasteiger partial charge in [-0.1, -0.05) is 0 Å². The molecular formula is C58H97N5O44S. The van der Waals surface area contributed by atoms with Crippen LogP contribution in [0.2, 0.25) is 0 Å². The van der Waals surface area contributed by atoms with Crippen LogP contribution in [0.3, 0.4) is 0 Å². The molecule has 0 saturated carbocycles. The number of nitrogens with one attached hydrogen (secondary N) is 5. The van der Waals surface area contributed by atoms with Crippen molar-refractivity contribution < 1.29 is 214 Å². The highest BCUT2D eigenvalue weighted by atomic mass is 32.3. The van der Waals surface area contributed by atoms with Gasteiger partial charge in [0.05, 0.1) is 52.9 Å². The molecule has 0 aromatic carbocycles. The minimum absolute atomic E-state index is 0.785. The molecule has 0 radical (unpaired) electrons. The number of carbonyl (C=O) groups excluding carboxylic acids is 5. The Morgan fingerprint density at radius 2 is 0.565 bits per heavy atom. The molecule has 0 aliphatic carbocycles. The number of hydrogen-bond acceptors (Lipinski definition) is 43. The molecule has 108 heavy (non-hydrogen) atoms. The van der Waals surface area contributed by atoms with Gasteiger partial charge in [0, 0.05) is 34.6 Å². The molecule has 8 heterocycles. The average molecular weight is 1600 g/mol. The summed E-state index contributed by atoms with van der Waals surface area (Å²) in [7, 11) is -5.42. The molecule has 40 atom stereocenters. The molecule has 0 aromatic heterocycles. The number of carbonyl (C=O) groups is 5. The number of hydrogen-bond donors (Lipinski definition) is 26. The van der Waals surface area contributed by atoms with Crippen molar-refractivity contribution in [2.75, 3.05) is 52.9 Å². The Hall–Kier alpha value is -4.18. The van der Waals surface area contributed by atoms with Crippen LogP contribution in [0.1, 0.15) is 34.6 Å². The summed E-state index contributed by atoms with van der Waals surface area (Å²) < 4.78 is 127. The van der Waals surface area contributed by atoms with E-state index >= 15 is 0 Å². The quantitative estimate of drug-likeness (QED) is 0.0309. The SMILES string of the molecule is CC(=O)N[C@H]1[C@H](O[C@H]2[C@H](O)[C@@H](NC(C)=O)[C@H](O[C@@H]3[C@@H](O[C@@H]4[C@H](O)[C@H](O[C@H]5[C@H](O)[C@@H](NC(C)=O)[C@H](O[C@H]6[C@H](O)[C@@H](NC(C)=O)C(O)O[C@@H]6CO)O[C@@H]5CO)O[C@H](CO[C@H]5O[C@H](CO)[C@@H](O)[C@H](O)[C@@H]5O[C@@H]5O[C@H](CO)[C@@H](O)[C@H](O)[C@H]5NC(C)=O)[C@H]4O)O[C@H](CO)[C@@H](O)[C@@H]3O)O[C@@H]2CO)O[C@H](CO)[C@H](OS(=O)(=O)O)[C@@H]1O. The molecule has 26 N–H and O–H groups in total. The lowest BCUT2D eigenvalue weighted by Crippen LogP contribution is -2.71. The molecule has 8 aliphatic heterocycles. The van der Waals surface area contributed by atoms with Crippen LogP contribution >= 0.6 is 0 Å². The standard InChI is InChI=1S/C58H97N5O44S/c1-14(71)59-27-37(81)44(22(9-67)93-51(27)88)101-53-29(61-16(3)73)39(83)46(24(11-69)97-53)103-56-43(87)48(35(79)26(100-56)13-92-57-49(41(85)33(77)20(7-65)95-57)105-52-28(60-15(2)72)36(80)32(76)19(6-64)94-52)104-58-50(42(86)34(78)21(8-66)96-58)106-55-30(62-17(4)74)38(82)45(23(10-68)98-55)102-54-31(63-18(5)75)40(84)47(25(12-70)99-54)107-108(89,90)91/h19-58,64-70,76-88H,6-13H2,1-5H3,(H,59,71)(H,60,72)(H,61,73)(H,62,74)(H,63,75)(H,89,90,91)/t19-,20-,21-,22-,23-,24-,25-,26-,27-,28-,29-,30-,31-,32-,33-,34-,35-,36-,37-,38-,39-,40-,41+,42+,43+,44-,45-,46-,47+,48+,49+,50+,51?,52+,53+,54+,55+,56+,57+,58-/m1/s1. The molecular weight excluding hydrogens is 1500 g/mol. The molecule has 5 amide bonds. The molecule has 0 spiro atoms. The highest BCUT2D eigenvalue weighted by Crippen LogP contribution is 2.39. The molecule has 49 nitrogen and oxygen atoms in total. The molecule has 1 unspecified atom stereocenters. The van der Waals surface area contributed by atoms with E-state index < -0.39 is 338 Å². The van der Waals surface area contributed by atoms with Gasteiger partial charge in [0.25, 0.3) is 0 Å². The summed E-state index contributed by atoms with van der Waals surface area (Å²) in [6.07, 6.45) is -73.8. The second-order valence-electron chi connectivity index (χ2n) is 26.6. The summed E-state index contributed by atoms with van der Waals surface area (Å²) in [4.78, 5) is 62.9. The Bertz CT molecular complexity index is 3040. The van der Waals surface area contributed by atoms with Gasteiger partial charge in [0.1, 0.15) is 195 Å². The summed E-state index contributed by atoms with van der Waals surface area (Å²) in [5.41, 5.74) is 0. The number of amides is 5. The molecule has 8 aliphatic rings. The second kappa shape index (κ2) is 38.8. The first-order valence-electron chi connectivity index (χ1n) is 33.8. The minimum atomic E-state index is -5.42. The predicted molar refractivity (Wildman–Crippen MR) is 333 cm³/mol. The number of aliphatic hydroxyl groups excluding tert-OH is 20. The van der Waals surface area contributed by atoms with Crippen LogP contribution in [0.4, 0.5) is 0 Å². The van der Waals surface area contributed by atoms with Crippen LogP contribution in [-0.4, -0.2) is 443 Å². The smallest absolute Gasteiger partial charge is 0.394 e. The number of aliphatic hydroxyl groups is 20. The highest BCUT2D eigenvalue weighted by molar-refractivity contribution is 7.80. The molecule has 8 saturated heterocycles. The summed E-state index contributed by atoms with van der Waals surface area (Å²) >= 11 is 0. The highest BCUT2D eigenvalue weighted by Gasteiger charge is 2.61. The summed E-state index contributed by atoms with van der Waals surface area (Å²) in [5, 5.41) is 236. The Balaban J connectivity index is 1.15. The van der Waals surface area contributed by atoms with E-state index in [1.165, 1.54) is 0 Å². The molecule has 624 valence electrons. The maximum atomic E-state index is 13.0. The zero-order chi connectivity index (χ0) is 80.0. The van der Waals surface area contributed by atoms with E-state index in [-0.39, 0.29) is 0 Å². The molecule has 0 bridgehead atoms. The molecule has 8 rings (SSSR count). The zero-order valence-electron chi connectivity index (χ0n) is 57.9. The van der Waals surface area contributed by atoms with Crippen LogP contribution < -0.4 is 26.6 Å². The van der Waals surface area contributed by atoms with Gasteiger partial charge < -0.3 is 200 Å². The molecule has 8 fully saturated rings. The van der Waals surface area contributed by atoms with E-state index in [1.807, 2.05) is 0 Å². The first kappa shape index (κ1) is 89.4. The van der Waals surface area contributed by atoms with E-state index in [9.17, 15) is 139 Å². The van der Waals surface area contributed by atoms with E-state index in [0.29, 0.717) is 0 Å². The third-order valence-corrected chi connectivity index (χ3v) is 19.3. The van der Waals surface area contributed by atoms with Crippen molar-refractivity contribution in [3.8, 4) is 0 Å². The fourth-order valence-electron chi connectivity index (χ4n) is 13.6. The van der Waals surface area contributed by atoms with Gasteiger partial charge in [-0.2, -0.15) is 8.42 Å². The summed E-state index contributed by atoms with van der Waals surface area (Å²) in [6, 6.07) is -9.24. The van der Waals surface area contributed by atoms with Gasteiger partial charge >= 0.3 is 10.4 Å². The number of rotatable bonds is 29. The number of ether oxygens (including phenoxy) is 15. The van der Waals surface area contributed by atoms with Gasteiger partial charge in [-0.25, -0.2) is 4.18 Å². The van der Waals surface area contributed by atoms with E-state index in [2.05, 4.69) is 30.8 Å². The monoisotopic (exact) mass is 1600 g/mol. The Kier molecular flexibility index (Phi) is 32.1. The van der Waals surface area contributed by atoms with Gasteiger partial charge in [-0.3, -0.25) is 28.5 Å². The third kappa shape index (κ3) is 20.7. The van der Waals surface area contributed by atoms with E-state index in [0.717, 1.165) is 34.6 Å². The predicted octanol–water partition coefficient (Wildman–Crippen LogP) is -17.9. The van der Waals surface area contributed by atoms with Crippen molar-refractivity contribution in [1.29, 1.82) is 0 Å². The maximum Gasteiger partial charge on any atom is 0.397 e. The first-order valence-corrected chi connectivity index (χ1v) is 35.1. The summed E-state index contributed by atoms with van der Waals surface area (Å²) in [6.45, 7) is -4.23. The summed E-state index contributed by atoms with van der Waals surface area (Å²) in [5.74, 6) is -4.51. The third-order valence-electron chi connectivity index (χ3n) is 18.9. The average Bonchev–Trinajstić information content (AvgIpc) is 0.779. The van der Waals surface area contributed by atoms with Gasteiger partial charge in [-0.05, 0) is 0 Å². The van der Waals surface area contributed by atoms with Gasteiger partial charge in [0.15, 0.2) is 50.3 Å². The second-order valence-corrected chi connectivity index (χ2v) is 27.6. The minimum Gasteiger partial charge on any atom is -0.394 e. The first-order chi connectivity index (χ1) is 50.8. The largest absolute Gasteiger partial charge is 0.397 e. The van der Waals surface area contributed by atoms with E-state index in [1.54, 1.807) is 0 Å². The Morgan fingerprint density at radius 3 is 0.954 bits per heavy atom. The molecule has 0 aromatic rings. The van der Waals surface area contributed by atoms with Crippen LogP contribution in [0.5, 0.6) is 0 Å².